The zero-order valence-corrected chi connectivity index (χ0v) is 19.5. The van der Waals surface area contributed by atoms with Gasteiger partial charge in [-0.1, -0.05) is 18.2 Å². The molecule has 0 spiro atoms. The molecule has 36 heavy (non-hydrogen) atoms. The Morgan fingerprint density at radius 3 is 2.47 bits per heavy atom. The van der Waals surface area contributed by atoms with Crippen LogP contribution in [0.5, 0.6) is 0 Å². The third kappa shape index (κ3) is 4.98. The van der Waals surface area contributed by atoms with Gasteiger partial charge in [0.25, 0.3) is 5.91 Å². The van der Waals surface area contributed by atoms with Crippen LogP contribution in [0.3, 0.4) is 0 Å². The molecule has 7 nitrogen and oxygen atoms in total. The lowest BCUT2D eigenvalue weighted by Gasteiger charge is -2.19. The van der Waals surface area contributed by atoms with E-state index in [1.165, 1.54) is 24.3 Å². The number of para-hydroxylation sites is 1. The van der Waals surface area contributed by atoms with Crippen LogP contribution in [0.2, 0.25) is 0 Å². The molecule has 1 fully saturated rings. The van der Waals surface area contributed by atoms with Gasteiger partial charge in [-0.05, 0) is 66.6 Å². The molecule has 3 amide bonds. The van der Waals surface area contributed by atoms with Crippen molar-refractivity contribution in [2.75, 3.05) is 16.8 Å². The van der Waals surface area contributed by atoms with Crippen molar-refractivity contribution >= 4 is 40.0 Å². The van der Waals surface area contributed by atoms with Crippen molar-refractivity contribution in [1.29, 1.82) is 0 Å². The van der Waals surface area contributed by atoms with E-state index >= 15 is 0 Å². The zero-order chi connectivity index (χ0) is 25.1. The molecule has 8 heteroatoms. The molecule has 4 aromatic rings. The van der Waals surface area contributed by atoms with Crippen LogP contribution in [0.4, 0.5) is 15.8 Å². The Balaban J connectivity index is 1.36. The number of H-pyrrole nitrogens is 1. The van der Waals surface area contributed by atoms with Crippen LogP contribution in [0.1, 0.15) is 28.8 Å². The van der Waals surface area contributed by atoms with E-state index in [4.69, 9.17) is 0 Å². The first-order valence-electron chi connectivity index (χ1n) is 11.8. The average Bonchev–Trinajstić information content (AvgIpc) is 3.50. The largest absolute Gasteiger partial charge is 0.361 e. The van der Waals surface area contributed by atoms with Crippen LogP contribution in [0.15, 0.2) is 79.0 Å². The summed E-state index contributed by atoms with van der Waals surface area (Å²) in [5.41, 5.74) is 3.41. The molecule has 1 atom stereocenters. The van der Waals surface area contributed by atoms with Crippen molar-refractivity contribution in [3.8, 4) is 0 Å². The lowest BCUT2D eigenvalue weighted by atomic mass is 10.0. The summed E-state index contributed by atoms with van der Waals surface area (Å²) in [5.74, 6) is -1.22. The number of carbonyl (C=O) groups excluding carboxylic acids is 3. The first-order valence-corrected chi connectivity index (χ1v) is 11.8. The average molecular weight is 485 g/mol. The number of nitrogens with zero attached hydrogens (tertiary/aromatic N) is 1. The van der Waals surface area contributed by atoms with Gasteiger partial charge in [0.2, 0.25) is 11.8 Å². The van der Waals surface area contributed by atoms with Gasteiger partial charge in [-0.3, -0.25) is 14.4 Å². The molecule has 0 aliphatic carbocycles. The molecule has 1 aliphatic heterocycles. The second-order valence-corrected chi connectivity index (χ2v) is 8.78. The molecule has 182 valence electrons. The maximum absolute atomic E-state index is 13.3. The van der Waals surface area contributed by atoms with Crippen LogP contribution in [0.25, 0.3) is 10.9 Å². The van der Waals surface area contributed by atoms with Gasteiger partial charge in [0, 0.05) is 53.4 Å². The Morgan fingerprint density at radius 1 is 1.00 bits per heavy atom. The van der Waals surface area contributed by atoms with Crippen LogP contribution in [-0.4, -0.2) is 35.3 Å². The fourth-order valence-electron chi connectivity index (χ4n) is 4.45. The van der Waals surface area contributed by atoms with E-state index in [0.29, 0.717) is 18.7 Å². The third-order valence-corrected chi connectivity index (χ3v) is 6.35. The van der Waals surface area contributed by atoms with Crippen molar-refractivity contribution < 1.29 is 18.8 Å². The standard InChI is InChI=1S/C28H25FN4O3/c29-20-9-7-18(8-10-20)27(35)32-25(16-19-17-30-24-5-2-1-4-23(19)24)28(36)31-21-11-13-22(14-12-21)33-15-3-6-26(33)34/h1-2,4-5,7-14,17,25,30H,3,6,15-16H2,(H,31,36)(H,32,35)/t25-/m0/s1. The molecule has 5 rings (SSSR count). The van der Waals surface area contributed by atoms with E-state index in [1.807, 2.05) is 30.5 Å². The van der Waals surface area contributed by atoms with Gasteiger partial charge in [-0.25, -0.2) is 4.39 Å². The monoisotopic (exact) mass is 484 g/mol. The smallest absolute Gasteiger partial charge is 0.251 e. The fraction of sp³-hybridized carbons (Fsp3) is 0.179. The van der Waals surface area contributed by atoms with E-state index < -0.39 is 17.8 Å². The van der Waals surface area contributed by atoms with Crippen LogP contribution in [-0.2, 0) is 16.0 Å². The summed E-state index contributed by atoms with van der Waals surface area (Å²) in [6.07, 6.45) is 3.46. The number of benzene rings is 3. The number of rotatable bonds is 7. The molecule has 1 aliphatic rings. The van der Waals surface area contributed by atoms with Gasteiger partial charge in [0.1, 0.15) is 11.9 Å². The quantitative estimate of drug-likeness (QED) is 0.363. The molecular formula is C28H25FN4O3. The van der Waals surface area contributed by atoms with E-state index in [-0.39, 0.29) is 23.8 Å². The Hall–Kier alpha value is -4.46. The number of nitrogens with one attached hydrogen (secondary N) is 3. The number of aromatic nitrogens is 1. The van der Waals surface area contributed by atoms with Crippen molar-refractivity contribution in [3.05, 3.63) is 95.9 Å². The molecule has 3 aromatic carbocycles. The van der Waals surface area contributed by atoms with Crippen LogP contribution >= 0.6 is 0 Å². The second-order valence-electron chi connectivity index (χ2n) is 8.78. The van der Waals surface area contributed by atoms with E-state index in [1.54, 1.807) is 29.2 Å². The third-order valence-electron chi connectivity index (χ3n) is 6.35. The Kier molecular flexibility index (Phi) is 6.49. The highest BCUT2D eigenvalue weighted by atomic mass is 19.1. The lowest BCUT2D eigenvalue weighted by molar-refractivity contribution is -0.118. The number of aromatic amines is 1. The predicted octanol–water partition coefficient (Wildman–Crippen LogP) is 4.41. The van der Waals surface area contributed by atoms with Gasteiger partial charge in [-0.2, -0.15) is 0 Å². The Morgan fingerprint density at radius 2 is 1.75 bits per heavy atom. The maximum atomic E-state index is 13.3. The molecule has 0 radical (unpaired) electrons. The van der Waals surface area contributed by atoms with E-state index in [9.17, 15) is 18.8 Å². The van der Waals surface area contributed by atoms with Crippen molar-refractivity contribution in [2.45, 2.75) is 25.3 Å². The fourth-order valence-corrected chi connectivity index (χ4v) is 4.45. The number of fused-ring (bicyclic) bond motifs is 1. The van der Waals surface area contributed by atoms with Gasteiger partial charge in [-0.15, -0.1) is 0 Å². The Bertz CT molecular complexity index is 1410. The first-order chi connectivity index (χ1) is 17.5. The molecule has 0 saturated carbocycles. The SMILES string of the molecule is O=C(N[C@@H](Cc1c[nH]c2ccccc12)C(=O)Nc1ccc(N2CCCC2=O)cc1)c1ccc(F)cc1. The normalized spacial score (nSPS) is 14.1. The van der Waals surface area contributed by atoms with Crippen molar-refractivity contribution in [3.63, 3.8) is 0 Å². The Labute approximate surface area is 207 Å². The van der Waals surface area contributed by atoms with Crippen LogP contribution < -0.4 is 15.5 Å². The van der Waals surface area contributed by atoms with Crippen molar-refractivity contribution in [1.82, 2.24) is 10.3 Å². The number of halogens is 1. The minimum absolute atomic E-state index is 0.0917. The van der Waals surface area contributed by atoms with Gasteiger partial charge >= 0.3 is 0 Å². The summed E-state index contributed by atoms with van der Waals surface area (Å²) in [5, 5.41) is 6.63. The summed E-state index contributed by atoms with van der Waals surface area (Å²) in [6.45, 7) is 0.687. The van der Waals surface area contributed by atoms with E-state index in [0.717, 1.165) is 28.6 Å². The van der Waals surface area contributed by atoms with Gasteiger partial charge < -0.3 is 20.5 Å². The second kappa shape index (κ2) is 10.0. The highest BCUT2D eigenvalue weighted by Gasteiger charge is 2.24. The summed E-state index contributed by atoms with van der Waals surface area (Å²) < 4.78 is 13.3. The minimum atomic E-state index is -0.887. The minimum Gasteiger partial charge on any atom is -0.361 e. The predicted molar refractivity (Wildman–Crippen MR) is 136 cm³/mol. The number of carbonyl (C=O) groups is 3. The topological polar surface area (TPSA) is 94.3 Å². The number of hydrogen-bond acceptors (Lipinski definition) is 3. The van der Waals surface area contributed by atoms with E-state index in [2.05, 4.69) is 15.6 Å². The van der Waals surface area contributed by atoms with Crippen LogP contribution in [0, 0.1) is 5.82 Å². The molecule has 3 N–H and O–H groups in total. The number of anilines is 2. The summed E-state index contributed by atoms with van der Waals surface area (Å²) in [6, 6.07) is 19.1. The maximum Gasteiger partial charge on any atom is 0.251 e. The molecule has 0 unspecified atom stereocenters. The highest BCUT2D eigenvalue weighted by Crippen LogP contribution is 2.24. The lowest BCUT2D eigenvalue weighted by Crippen LogP contribution is -2.45. The molecule has 1 saturated heterocycles. The molecule has 1 aromatic heterocycles. The zero-order valence-electron chi connectivity index (χ0n) is 19.5. The molecule has 2 heterocycles. The summed E-state index contributed by atoms with van der Waals surface area (Å²) in [7, 11) is 0. The molecule has 0 bridgehead atoms. The summed E-state index contributed by atoms with van der Waals surface area (Å²) >= 11 is 0. The van der Waals surface area contributed by atoms with Gasteiger partial charge in [0.05, 0.1) is 0 Å². The first kappa shape index (κ1) is 23.3. The molecular weight excluding hydrogens is 459 g/mol. The number of amides is 3. The van der Waals surface area contributed by atoms with Crippen molar-refractivity contribution in [2.24, 2.45) is 0 Å². The highest BCUT2D eigenvalue weighted by molar-refractivity contribution is 6.02. The number of hydrogen-bond donors (Lipinski definition) is 3. The summed E-state index contributed by atoms with van der Waals surface area (Å²) in [4.78, 5) is 43.1. The van der Waals surface area contributed by atoms with Gasteiger partial charge in [0.15, 0.2) is 0 Å².